The van der Waals surface area contributed by atoms with Crippen LogP contribution in [0.15, 0.2) is 42.5 Å². The van der Waals surface area contributed by atoms with E-state index in [-0.39, 0.29) is 12.5 Å². The van der Waals surface area contributed by atoms with Gasteiger partial charge in [-0.15, -0.1) is 0 Å². The Bertz CT molecular complexity index is 1470. The van der Waals surface area contributed by atoms with E-state index in [1.165, 1.54) is 6.92 Å². The monoisotopic (exact) mass is 594 g/mol. The van der Waals surface area contributed by atoms with Crippen molar-refractivity contribution in [2.24, 2.45) is 0 Å². The number of hydrogen-bond donors (Lipinski definition) is 0. The highest BCUT2D eigenvalue weighted by atomic mass is 35.5. The third-order valence-corrected chi connectivity index (χ3v) is 7.84. The minimum Gasteiger partial charge on any atom is -0.456 e. The fourth-order valence-corrected chi connectivity index (χ4v) is 5.38. The summed E-state index contributed by atoms with van der Waals surface area (Å²) in [7, 11) is 0. The molecular weight excluding hydrogens is 563 g/mol. The summed E-state index contributed by atoms with van der Waals surface area (Å²) in [6.07, 6.45) is 1.63. The van der Waals surface area contributed by atoms with E-state index >= 15 is 0 Å². The SMILES string of the molecule is CC(=O)OCC(=O)N1CCc2c(c(-c3ccc(Cl)c(C#Cc4ccc(Cl)cc4)c3)nn2CCCN2CCOCC2)C1. The molecule has 8 nitrogen and oxygen atoms in total. The molecule has 1 aromatic heterocycles. The molecule has 0 radical (unpaired) electrons. The molecule has 0 unspecified atom stereocenters. The Labute approximate surface area is 250 Å². The van der Waals surface area contributed by atoms with Gasteiger partial charge in [-0.2, -0.15) is 5.10 Å². The molecular formula is C31H32Cl2N4O4. The largest absolute Gasteiger partial charge is 0.456 e. The second-order valence-electron chi connectivity index (χ2n) is 10.1. The number of benzene rings is 2. The molecule has 10 heteroatoms. The second kappa shape index (κ2) is 13.5. The van der Waals surface area contributed by atoms with Crippen molar-refractivity contribution in [3.8, 4) is 23.1 Å². The van der Waals surface area contributed by atoms with Gasteiger partial charge >= 0.3 is 5.97 Å². The van der Waals surface area contributed by atoms with Gasteiger partial charge < -0.3 is 14.4 Å². The number of fused-ring (bicyclic) bond motifs is 1. The van der Waals surface area contributed by atoms with Gasteiger partial charge in [0.25, 0.3) is 5.91 Å². The quantitative estimate of drug-likeness (QED) is 0.297. The van der Waals surface area contributed by atoms with Crippen molar-refractivity contribution in [3.05, 3.63) is 74.9 Å². The number of nitrogens with zero attached hydrogens (tertiary/aromatic N) is 4. The van der Waals surface area contributed by atoms with Gasteiger partial charge in [0.15, 0.2) is 6.61 Å². The number of hydrogen-bond acceptors (Lipinski definition) is 6. The van der Waals surface area contributed by atoms with E-state index in [4.69, 9.17) is 37.8 Å². The van der Waals surface area contributed by atoms with Crippen molar-refractivity contribution in [2.75, 3.05) is 46.0 Å². The lowest BCUT2D eigenvalue weighted by molar-refractivity contribution is -0.150. The summed E-state index contributed by atoms with van der Waals surface area (Å²) >= 11 is 12.5. The molecule has 41 heavy (non-hydrogen) atoms. The first-order chi connectivity index (χ1) is 19.9. The summed E-state index contributed by atoms with van der Waals surface area (Å²) in [5, 5.41) is 6.26. The standard InChI is InChI=1S/C31H32Cl2N4O4/c1-22(38)41-21-30(39)36-14-11-29-27(20-36)31(34-37(29)13-2-12-35-15-17-40-18-16-35)25-7-10-28(33)24(19-25)6-3-23-4-8-26(32)9-5-23/h4-5,7-10,19H,2,11-18,20-21H2,1H3. The van der Waals surface area contributed by atoms with Crippen LogP contribution in [-0.2, 0) is 38.6 Å². The maximum Gasteiger partial charge on any atom is 0.303 e. The Morgan fingerprint density at radius 3 is 2.56 bits per heavy atom. The summed E-state index contributed by atoms with van der Waals surface area (Å²) in [4.78, 5) is 28.2. The van der Waals surface area contributed by atoms with E-state index in [0.717, 1.165) is 73.9 Å². The van der Waals surface area contributed by atoms with E-state index < -0.39 is 5.97 Å². The molecule has 0 saturated carbocycles. The summed E-state index contributed by atoms with van der Waals surface area (Å²) in [6, 6.07) is 13.1. The summed E-state index contributed by atoms with van der Waals surface area (Å²) < 4.78 is 12.5. The van der Waals surface area contributed by atoms with Gasteiger partial charge in [0.1, 0.15) is 0 Å². The molecule has 0 bridgehead atoms. The van der Waals surface area contributed by atoms with E-state index in [9.17, 15) is 9.59 Å². The number of esters is 1. The Hall–Kier alpha value is -3.35. The first-order valence-electron chi connectivity index (χ1n) is 13.7. The van der Waals surface area contributed by atoms with E-state index in [1.54, 1.807) is 17.0 Å². The number of amides is 1. The van der Waals surface area contributed by atoms with Gasteiger partial charge in [-0.1, -0.05) is 41.1 Å². The maximum atomic E-state index is 12.8. The number of halogens is 2. The Kier molecular flexibility index (Phi) is 9.63. The molecule has 1 fully saturated rings. The van der Waals surface area contributed by atoms with Gasteiger partial charge in [-0.25, -0.2) is 0 Å². The topological polar surface area (TPSA) is 76.9 Å². The average Bonchev–Trinajstić information content (AvgIpc) is 3.34. The molecule has 0 atom stereocenters. The Balaban J connectivity index is 1.42. The highest BCUT2D eigenvalue weighted by molar-refractivity contribution is 6.32. The first kappa shape index (κ1) is 29.2. The van der Waals surface area contributed by atoms with Crippen LogP contribution in [0.2, 0.25) is 10.0 Å². The van der Waals surface area contributed by atoms with Crippen LogP contribution in [-0.4, -0.2) is 77.5 Å². The molecule has 0 spiro atoms. The molecule has 1 saturated heterocycles. The number of morpholine rings is 1. The molecule has 5 rings (SSSR count). The maximum absolute atomic E-state index is 12.8. The zero-order valence-electron chi connectivity index (χ0n) is 23.0. The molecule has 214 valence electrons. The summed E-state index contributed by atoms with van der Waals surface area (Å²) in [6.45, 7) is 7.18. The summed E-state index contributed by atoms with van der Waals surface area (Å²) in [5.74, 6) is 5.64. The van der Waals surface area contributed by atoms with Crippen LogP contribution in [0.5, 0.6) is 0 Å². The summed E-state index contributed by atoms with van der Waals surface area (Å²) in [5.41, 5.74) is 5.34. The third kappa shape index (κ3) is 7.49. The van der Waals surface area contributed by atoms with Crippen LogP contribution < -0.4 is 0 Å². The van der Waals surface area contributed by atoms with E-state index in [1.807, 2.05) is 30.3 Å². The van der Waals surface area contributed by atoms with Crippen LogP contribution in [0.3, 0.4) is 0 Å². The van der Waals surface area contributed by atoms with E-state index in [2.05, 4.69) is 21.4 Å². The van der Waals surface area contributed by atoms with Crippen LogP contribution in [0.25, 0.3) is 11.3 Å². The van der Waals surface area contributed by atoms with Gasteiger partial charge in [0.2, 0.25) is 0 Å². The van der Waals surface area contributed by atoms with Crippen LogP contribution in [0.1, 0.15) is 35.7 Å². The molecule has 2 aliphatic rings. The predicted molar refractivity (Wildman–Crippen MR) is 158 cm³/mol. The molecule has 0 aliphatic carbocycles. The molecule has 3 aromatic rings. The zero-order valence-corrected chi connectivity index (χ0v) is 24.5. The lowest BCUT2D eigenvalue weighted by Crippen LogP contribution is -2.39. The minimum atomic E-state index is -0.474. The van der Waals surface area contributed by atoms with Crippen molar-refractivity contribution in [2.45, 2.75) is 32.9 Å². The fourth-order valence-electron chi connectivity index (χ4n) is 5.09. The number of aryl methyl sites for hydroxylation is 1. The van der Waals surface area contributed by atoms with Crippen LogP contribution in [0.4, 0.5) is 0 Å². The normalized spacial score (nSPS) is 15.1. The molecule has 2 aromatic carbocycles. The van der Waals surface area contributed by atoms with Crippen LogP contribution in [0, 0.1) is 11.8 Å². The van der Waals surface area contributed by atoms with Crippen molar-refractivity contribution >= 4 is 35.1 Å². The van der Waals surface area contributed by atoms with Crippen molar-refractivity contribution < 1.29 is 19.1 Å². The zero-order chi connectivity index (χ0) is 28.8. The molecule has 2 aliphatic heterocycles. The predicted octanol–water partition coefficient (Wildman–Crippen LogP) is 4.43. The smallest absolute Gasteiger partial charge is 0.303 e. The van der Waals surface area contributed by atoms with Crippen LogP contribution >= 0.6 is 23.2 Å². The molecule has 0 N–H and O–H groups in total. The van der Waals surface area contributed by atoms with Gasteiger partial charge in [-0.3, -0.25) is 19.2 Å². The highest BCUT2D eigenvalue weighted by Crippen LogP contribution is 2.32. The van der Waals surface area contributed by atoms with Gasteiger partial charge in [-0.05, 0) is 42.8 Å². The second-order valence-corrected chi connectivity index (χ2v) is 10.9. The average molecular weight is 596 g/mol. The van der Waals surface area contributed by atoms with Crippen molar-refractivity contribution in [1.29, 1.82) is 0 Å². The van der Waals surface area contributed by atoms with Crippen molar-refractivity contribution in [3.63, 3.8) is 0 Å². The Morgan fingerprint density at radius 2 is 1.80 bits per heavy atom. The number of carbonyl (C=O) groups is 2. The Morgan fingerprint density at radius 1 is 1.02 bits per heavy atom. The minimum absolute atomic E-state index is 0.220. The van der Waals surface area contributed by atoms with Gasteiger partial charge in [0.05, 0.1) is 23.9 Å². The fraction of sp³-hybridized carbons (Fsp3) is 0.387. The number of rotatable bonds is 7. The lowest BCUT2D eigenvalue weighted by atomic mass is 9.99. The number of carbonyl (C=O) groups excluding carboxylic acids is 2. The lowest BCUT2D eigenvalue weighted by Gasteiger charge is -2.28. The number of ether oxygens (including phenoxy) is 2. The number of aromatic nitrogens is 2. The molecule has 3 heterocycles. The molecule has 1 amide bonds. The van der Waals surface area contributed by atoms with Crippen molar-refractivity contribution in [1.82, 2.24) is 19.6 Å². The third-order valence-electron chi connectivity index (χ3n) is 7.26. The van der Waals surface area contributed by atoms with Gasteiger partial charge in [0, 0.05) is 85.6 Å². The highest BCUT2D eigenvalue weighted by Gasteiger charge is 2.28. The first-order valence-corrected chi connectivity index (χ1v) is 14.5. The van der Waals surface area contributed by atoms with E-state index in [0.29, 0.717) is 35.1 Å².